The van der Waals surface area contributed by atoms with Gasteiger partial charge < -0.3 is 20.1 Å². The molecule has 7 aromatic rings. The third-order valence-corrected chi connectivity index (χ3v) is 11.2. The Morgan fingerprint density at radius 2 is 1.44 bits per heavy atom. The molecule has 0 saturated carbocycles. The Morgan fingerprint density at radius 1 is 0.807 bits per heavy atom. The molecule has 9 rings (SSSR count). The number of benzene rings is 3. The zero-order chi connectivity index (χ0) is 39.7. The van der Waals surface area contributed by atoms with E-state index in [2.05, 4.69) is 85.0 Å². The number of amides is 1. The van der Waals surface area contributed by atoms with Crippen molar-refractivity contribution in [3.05, 3.63) is 131 Å². The lowest BCUT2D eigenvalue weighted by atomic mass is 9.96. The van der Waals surface area contributed by atoms with Gasteiger partial charge in [-0.25, -0.2) is 23.8 Å². The molecule has 0 spiro atoms. The molecule has 11 nitrogen and oxygen atoms in total. The topological polar surface area (TPSA) is 122 Å². The van der Waals surface area contributed by atoms with E-state index in [0.717, 1.165) is 80.8 Å². The summed E-state index contributed by atoms with van der Waals surface area (Å²) in [6.45, 7) is 11.1. The molecule has 4 aromatic heterocycles. The zero-order valence-corrected chi connectivity index (χ0v) is 34.2. The molecule has 0 radical (unpaired) electrons. The first kappa shape index (κ1) is 38.4. The Labute approximate surface area is 340 Å². The average molecular weight is 828 g/mol. The van der Waals surface area contributed by atoms with E-state index in [4.69, 9.17) is 9.72 Å². The van der Waals surface area contributed by atoms with E-state index >= 15 is 0 Å². The van der Waals surface area contributed by atoms with Crippen molar-refractivity contribution in [3.8, 4) is 33.4 Å². The highest BCUT2D eigenvalue weighted by atomic mass is 79.9. The first-order chi connectivity index (χ1) is 27.5. The Kier molecular flexibility index (Phi) is 10.9. The first-order valence-electron chi connectivity index (χ1n) is 19.5. The smallest absolute Gasteiger partial charge is 0.410 e. The lowest BCUT2D eigenvalue weighted by molar-refractivity contribution is 0.0292. The van der Waals surface area contributed by atoms with Crippen molar-refractivity contribution < 1.29 is 14.6 Å². The summed E-state index contributed by atoms with van der Waals surface area (Å²) in [5.41, 5.74) is 10.9. The third-order valence-electron chi connectivity index (χ3n) is 10.7. The van der Waals surface area contributed by atoms with Crippen LogP contribution in [0.15, 0.2) is 114 Å². The number of nitrogens with one attached hydrogen (secondary N) is 1. The van der Waals surface area contributed by atoms with Crippen molar-refractivity contribution in [2.75, 3.05) is 26.2 Å². The van der Waals surface area contributed by atoms with Gasteiger partial charge in [-0.3, -0.25) is 0 Å². The molecule has 6 heterocycles. The van der Waals surface area contributed by atoms with Crippen molar-refractivity contribution >= 4 is 33.3 Å². The summed E-state index contributed by atoms with van der Waals surface area (Å²) >= 11 is 3.44. The predicted octanol–water partition coefficient (Wildman–Crippen LogP) is 9.08. The third kappa shape index (κ3) is 8.63. The van der Waals surface area contributed by atoms with E-state index in [0.29, 0.717) is 18.4 Å². The van der Waals surface area contributed by atoms with Gasteiger partial charge in [0, 0.05) is 67.0 Å². The van der Waals surface area contributed by atoms with Crippen LogP contribution in [0.25, 0.3) is 44.7 Å². The van der Waals surface area contributed by atoms with Gasteiger partial charge in [-0.2, -0.15) is 10.2 Å². The fraction of sp³-hybridized carbons (Fsp3) is 0.311. The van der Waals surface area contributed by atoms with E-state index in [9.17, 15) is 9.90 Å². The molecule has 0 aliphatic carbocycles. The monoisotopic (exact) mass is 826 g/mol. The van der Waals surface area contributed by atoms with Crippen molar-refractivity contribution in [1.82, 2.24) is 39.4 Å². The van der Waals surface area contributed by atoms with Gasteiger partial charge in [0.2, 0.25) is 0 Å². The van der Waals surface area contributed by atoms with Crippen LogP contribution in [-0.2, 0) is 4.74 Å². The number of aromatic nitrogens is 6. The molecule has 57 heavy (non-hydrogen) atoms. The molecule has 292 valence electrons. The summed E-state index contributed by atoms with van der Waals surface area (Å²) in [5, 5.41) is 22.1. The molecule has 3 unspecified atom stereocenters. The molecule has 2 saturated heterocycles. The molecule has 2 aliphatic heterocycles. The van der Waals surface area contributed by atoms with Gasteiger partial charge in [0.25, 0.3) is 0 Å². The van der Waals surface area contributed by atoms with Crippen LogP contribution in [0.5, 0.6) is 0 Å². The molecule has 1 amide bonds. The molecule has 12 heteroatoms. The number of ether oxygens (including phenoxy) is 1. The molecule has 0 bridgehead atoms. The van der Waals surface area contributed by atoms with Gasteiger partial charge in [0.1, 0.15) is 5.60 Å². The normalized spacial score (nSPS) is 17.5. The molecular weight excluding hydrogens is 780 g/mol. The maximum atomic E-state index is 12.3. The zero-order valence-electron chi connectivity index (χ0n) is 32.6. The van der Waals surface area contributed by atoms with Crippen LogP contribution in [0, 0.1) is 0 Å². The maximum Gasteiger partial charge on any atom is 0.410 e. The summed E-state index contributed by atoms with van der Waals surface area (Å²) in [5.74, 6) is 0.958. The Morgan fingerprint density at radius 3 is 2.07 bits per heavy atom. The minimum atomic E-state index is -0.501. The summed E-state index contributed by atoms with van der Waals surface area (Å²) in [7, 11) is 0. The fourth-order valence-corrected chi connectivity index (χ4v) is 7.92. The number of carbonyl (C=O) groups is 1. The molecule has 2 N–H and O–H groups in total. The van der Waals surface area contributed by atoms with Crippen LogP contribution in [0.4, 0.5) is 4.79 Å². The highest BCUT2D eigenvalue weighted by Crippen LogP contribution is 2.32. The number of aliphatic hydroxyl groups is 1. The number of fused-ring (bicyclic) bond motifs is 2. The Balaban J connectivity index is 0.000000160. The summed E-state index contributed by atoms with van der Waals surface area (Å²) in [6, 6.07) is 25.2. The number of likely N-dealkylation sites (tertiary alicyclic amines) is 1. The number of hydrogen-bond donors (Lipinski definition) is 2. The molecule has 3 atom stereocenters. The van der Waals surface area contributed by atoms with Crippen LogP contribution in [0.1, 0.15) is 75.2 Å². The summed E-state index contributed by atoms with van der Waals surface area (Å²) in [4.78, 5) is 23.2. The highest BCUT2D eigenvalue weighted by molar-refractivity contribution is 9.10. The van der Waals surface area contributed by atoms with Crippen molar-refractivity contribution in [2.45, 2.75) is 64.1 Å². The Bertz CT molecular complexity index is 2500. The number of aliphatic hydroxyl groups excluding tert-OH is 1. The van der Waals surface area contributed by atoms with Crippen LogP contribution >= 0.6 is 15.9 Å². The predicted molar refractivity (Wildman–Crippen MR) is 226 cm³/mol. The molecular formula is C45H47BrN8O3. The van der Waals surface area contributed by atoms with Gasteiger partial charge >= 0.3 is 6.09 Å². The average Bonchev–Trinajstić information content (AvgIpc) is 4.05. The van der Waals surface area contributed by atoms with Crippen LogP contribution in [-0.4, -0.2) is 77.1 Å². The first-order valence-corrected chi connectivity index (χ1v) is 20.3. The quantitative estimate of drug-likeness (QED) is 0.170. The van der Waals surface area contributed by atoms with Gasteiger partial charge in [-0.15, -0.1) is 0 Å². The largest absolute Gasteiger partial charge is 0.444 e. The van der Waals surface area contributed by atoms with E-state index < -0.39 is 11.7 Å². The van der Waals surface area contributed by atoms with Gasteiger partial charge in [-0.1, -0.05) is 66.7 Å². The standard InChI is InChI=1S/C24H24N4O.C21H23BrN4O2/c1-16(29)19-3-2-4-20(11-19)23-14-27-28-15-22(13-26-24(23)28)18-7-5-17(6-8-18)21-9-10-25-12-21;1-21(2,3)28-20(27)25-9-8-16(12-25)14-4-6-15(7-5-14)17-10-23-19-18(22)11-24-26(19)13-17/h2-8,11,13-16,21,25,29H,9-10,12H2,1H3;4-7,10-11,13,16H,8-9,12H2,1-3H3. The van der Waals surface area contributed by atoms with Crippen LogP contribution in [0.3, 0.4) is 0 Å². The number of halogens is 1. The number of hydrogen-bond acceptors (Lipinski definition) is 8. The minimum Gasteiger partial charge on any atom is -0.444 e. The van der Waals surface area contributed by atoms with Gasteiger partial charge in [-0.05, 0) is 108 Å². The molecule has 2 aliphatic rings. The number of carbonyl (C=O) groups excluding carboxylic acids is 1. The van der Waals surface area contributed by atoms with Gasteiger partial charge in [0.15, 0.2) is 11.3 Å². The van der Waals surface area contributed by atoms with E-state index in [1.807, 2.05) is 80.5 Å². The number of nitrogens with zero attached hydrogens (tertiary/aromatic N) is 7. The molecule has 3 aromatic carbocycles. The van der Waals surface area contributed by atoms with Crippen LogP contribution < -0.4 is 5.32 Å². The van der Waals surface area contributed by atoms with E-state index in [1.165, 1.54) is 17.5 Å². The second kappa shape index (κ2) is 16.2. The van der Waals surface area contributed by atoms with E-state index in [-0.39, 0.29) is 6.09 Å². The van der Waals surface area contributed by atoms with Gasteiger partial charge in [0.05, 0.1) is 23.0 Å². The second-order valence-corrected chi connectivity index (χ2v) is 16.8. The highest BCUT2D eigenvalue weighted by Gasteiger charge is 2.30. The second-order valence-electron chi connectivity index (χ2n) is 15.9. The van der Waals surface area contributed by atoms with Crippen molar-refractivity contribution in [2.24, 2.45) is 0 Å². The summed E-state index contributed by atoms with van der Waals surface area (Å²) < 4.78 is 9.96. The SMILES string of the molecule is CC(C)(C)OC(=O)N1CCC(c2ccc(-c3cnc4c(Br)cnn4c3)cc2)C1.CC(O)c1cccc(-c2cnn3cc(-c4ccc(C5CCNC5)cc4)cnc23)c1. The molecule has 2 fully saturated rings. The van der Waals surface area contributed by atoms with E-state index in [1.54, 1.807) is 22.5 Å². The number of rotatable bonds is 6. The maximum absolute atomic E-state index is 12.3. The minimum absolute atomic E-state index is 0.226. The van der Waals surface area contributed by atoms with Crippen LogP contribution in [0.2, 0.25) is 0 Å². The van der Waals surface area contributed by atoms with Crippen molar-refractivity contribution in [1.29, 1.82) is 0 Å². The Hall–Kier alpha value is -5.43. The fourth-order valence-electron chi connectivity index (χ4n) is 7.55. The lowest BCUT2D eigenvalue weighted by Crippen LogP contribution is -2.35. The van der Waals surface area contributed by atoms with Crippen molar-refractivity contribution in [3.63, 3.8) is 0 Å². The summed E-state index contributed by atoms with van der Waals surface area (Å²) in [6.07, 6.45) is 12.8. The lowest BCUT2D eigenvalue weighted by Gasteiger charge is -2.24.